The van der Waals surface area contributed by atoms with Gasteiger partial charge in [-0.2, -0.15) is 0 Å². The van der Waals surface area contributed by atoms with Gasteiger partial charge in [-0.3, -0.25) is 18.3 Å². The fourth-order valence-corrected chi connectivity index (χ4v) is 12.9. The normalized spacial score (nSPS) is 12.7. The van der Waals surface area contributed by atoms with Crippen molar-refractivity contribution in [1.82, 2.24) is 0 Å². The van der Waals surface area contributed by atoms with Crippen LogP contribution in [-0.2, 0) is 79.1 Å². The van der Waals surface area contributed by atoms with E-state index in [1.165, 1.54) is 0 Å². The van der Waals surface area contributed by atoms with Gasteiger partial charge in [0, 0.05) is 0 Å². The number of hydrogen-bond donors (Lipinski definition) is 0. The van der Waals surface area contributed by atoms with Crippen molar-refractivity contribution in [2.75, 3.05) is 52.9 Å². The van der Waals surface area contributed by atoms with Gasteiger partial charge in [0.1, 0.15) is 0 Å². The van der Waals surface area contributed by atoms with Crippen molar-refractivity contribution in [2.24, 2.45) is 0 Å². The first-order valence-corrected chi connectivity index (χ1v) is 25.5. The Bertz CT molecular complexity index is 1630. The van der Waals surface area contributed by atoms with Crippen LogP contribution in [0.5, 0.6) is 0 Å². The van der Waals surface area contributed by atoms with Crippen LogP contribution in [0, 0.1) is 0 Å². The standard InChI is InChI=1S/C38H58O12P4/c1-9-43-51(39,44-10-2)27-31-17-21-33(22-18-31)37-25-36(30-54(42,49-15-7)50-16-8)38(26-35(37)29-53(41,47-13-5)48-14-6)34-23-19-32(20-24-34)28-52(40,45-11-3)46-12-4/h17-26H,9-16,27-30H2,1-8H3. The largest absolute Gasteiger partial charge is 0.335 e. The van der Waals surface area contributed by atoms with Gasteiger partial charge in [0.25, 0.3) is 0 Å². The van der Waals surface area contributed by atoms with E-state index in [4.69, 9.17) is 36.2 Å². The maximum atomic E-state index is 14.1. The molecule has 0 heterocycles. The van der Waals surface area contributed by atoms with E-state index in [0.717, 1.165) is 22.3 Å². The highest BCUT2D eigenvalue weighted by Gasteiger charge is 2.31. The molecule has 0 radical (unpaired) electrons. The van der Waals surface area contributed by atoms with Crippen LogP contribution in [0.3, 0.4) is 0 Å². The second-order valence-electron chi connectivity index (χ2n) is 12.0. The van der Waals surface area contributed by atoms with E-state index >= 15 is 0 Å². The second-order valence-corrected chi connectivity index (χ2v) is 20.2. The van der Waals surface area contributed by atoms with Crippen molar-refractivity contribution in [3.05, 3.63) is 82.9 Å². The molecule has 0 unspecified atom stereocenters. The Hall–Kier alpha value is -1.74. The van der Waals surface area contributed by atoms with Crippen LogP contribution in [0.15, 0.2) is 60.7 Å². The van der Waals surface area contributed by atoms with E-state index in [1.54, 1.807) is 55.4 Å². The van der Waals surface area contributed by atoms with E-state index < -0.39 is 30.4 Å². The Morgan fingerprint density at radius 3 is 0.796 bits per heavy atom. The lowest BCUT2D eigenvalue weighted by atomic mass is 9.91. The molecular weight excluding hydrogens is 772 g/mol. The molecule has 0 atom stereocenters. The molecule has 0 bridgehead atoms. The van der Waals surface area contributed by atoms with Crippen LogP contribution >= 0.6 is 30.4 Å². The molecule has 12 nitrogen and oxygen atoms in total. The first-order chi connectivity index (χ1) is 25.8. The van der Waals surface area contributed by atoms with Gasteiger partial charge in [-0.05, 0) is 112 Å². The lowest BCUT2D eigenvalue weighted by Gasteiger charge is -2.24. The molecule has 54 heavy (non-hydrogen) atoms. The lowest BCUT2D eigenvalue weighted by molar-refractivity contribution is 0.218. The summed E-state index contributed by atoms with van der Waals surface area (Å²) in [6.07, 6.45) is 0.119. The van der Waals surface area contributed by atoms with Crippen molar-refractivity contribution in [1.29, 1.82) is 0 Å². The Morgan fingerprint density at radius 2 is 0.574 bits per heavy atom. The summed E-state index contributed by atoms with van der Waals surface area (Å²) in [5, 5.41) is 0. The Kier molecular flexibility index (Phi) is 19.2. The summed E-state index contributed by atoms with van der Waals surface area (Å²) in [5.74, 6) is 0. The molecule has 3 rings (SSSR count). The fourth-order valence-electron chi connectivity index (χ4n) is 6.02. The first kappa shape index (κ1) is 46.6. The molecule has 0 fully saturated rings. The summed E-state index contributed by atoms with van der Waals surface area (Å²) >= 11 is 0. The molecule has 16 heteroatoms. The van der Waals surface area contributed by atoms with Gasteiger partial charge in [-0.15, -0.1) is 0 Å². The van der Waals surface area contributed by atoms with E-state index in [0.29, 0.717) is 22.3 Å². The average Bonchev–Trinajstić information content (AvgIpc) is 3.10. The molecular formula is C38H58O12P4. The molecule has 3 aromatic carbocycles. The predicted molar refractivity (Wildman–Crippen MR) is 216 cm³/mol. The van der Waals surface area contributed by atoms with E-state index in [-0.39, 0.29) is 77.5 Å². The van der Waals surface area contributed by atoms with Gasteiger partial charge >= 0.3 is 30.4 Å². The predicted octanol–water partition coefficient (Wildman–Crippen LogP) is 12.1. The number of benzene rings is 3. The average molecular weight is 831 g/mol. The summed E-state index contributed by atoms with van der Waals surface area (Å²) < 4.78 is 99.8. The zero-order valence-electron chi connectivity index (χ0n) is 32.9. The van der Waals surface area contributed by atoms with Crippen molar-refractivity contribution in [3.8, 4) is 22.3 Å². The van der Waals surface area contributed by atoms with Crippen molar-refractivity contribution in [2.45, 2.75) is 80.0 Å². The van der Waals surface area contributed by atoms with Gasteiger partial charge < -0.3 is 36.2 Å². The van der Waals surface area contributed by atoms with Gasteiger partial charge in [0.2, 0.25) is 0 Å². The van der Waals surface area contributed by atoms with E-state index in [2.05, 4.69) is 0 Å². The molecule has 0 aliphatic carbocycles. The minimum absolute atomic E-state index is 0.0402. The summed E-state index contributed by atoms with van der Waals surface area (Å²) in [5.41, 5.74) is 5.81. The first-order valence-electron chi connectivity index (χ1n) is 18.6. The number of rotatable bonds is 26. The van der Waals surface area contributed by atoms with Crippen LogP contribution in [-0.4, -0.2) is 52.9 Å². The topological polar surface area (TPSA) is 142 Å². The number of hydrogen-bond acceptors (Lipinski definition) is 12. The molecule has 0 saturated carbocycles. The monoisotopic (exact) mass is 830 g/mol. The van der Waals surface area contributed by atoms with Crippen LogP contribution in [0.1, 0.15) is 77.6 Å². The molecule has 0 aliphatic rings. The molecule has 0 saturated heterocycles. The zero-order valence-corrected chi connectivity index (χ0v) is 36.5. The van der Waals surface area contributed by atoms with E-state index in [9.17, 15) is 18.3 Å². The highest BCUT2D eigenvalue weighted by Crippen LogP contribution is 2.56. The SMILES string of the molecule is CCOP(=O)(Cc1ccc(-c2cc(CP(=O)(OCC)OCC)c(-c3ccc(CP(=O)(OCC)OCC)cc3)cc2CP(=O)(OCC)OCC)cc1)OCC. The summed E-state index contributed by atoms with van der Waals surface area (Å²) in [6, 6.07) is 18.8. The quantitative estimate of drug-likeness (QED) is 0.0711. The molecule has 3 aromatic rings. The van der Waals surface area contributed by atoms with Crippen LogP contribution in [0.25, 0.3) is 22.3 Å². The molecule has 0 spiro atoms. The fraction of sp³-hybridized carbons (Fsp3) is 0.526. The third-order valence-corrected chi connectivity index (χ3v) is 16.1. The Morgan fingerprint density at radius 1 is 0.352 bits per heavy atom. The summed E-state index contributed by atoms with van der Waals surface area (Å²) in [4.78, 5) is 0. The highest BCUT2D eigenvalue weighted by molar-refractivity contribution is 7.53. The molecule has 0 amide bonds. The smallest absolute Gasteiger partial charge is 0.309 e. The van der Waals surface area contributed by atoms with E-state index in [1.807, 2.05) is 60.7 Å². The van der Waals surface area contributed by atoms with Gasteiger partial charge in [-0.25, -0.2) is 0 Å². The van der Waals surface area contributed by atoms with Crippen molar-refractivity contribution in [3.63, 3.8) is 0 Å². The third kappa shape index (κ3) is 13.7. The van der Waals surface area contributed by atoms with Crippen LogP contribution < -0.4 is 0 Å². The third-order valence-electron chi connectivity index (χ3n) is 7.95. The molecule has 0 N–H and O–H groups in total. The summed E-state index contributed by atoms with van der Waals surface area (Å²) in [6.45, 7) is 15.9. The Labute approximate surface area is 322 Å². The van der Waals surface area contributed by atoms with Crippen molar-refractivity contribution < 1.29 is 54.5 Å². The minimum atomic E-state index is -3.61. The minimum Gasteiger partial charge on any atom is -0.309 e. The Balaban J connectivity index is 2.28. The van der Waals surface area contributed by atoms with Crippen molar-refractivity contribution >= 4 is 30.4 Å². The maximum Gasteiger partial charge on any atom is 0.335 e. The van der Waals surface area contributed by atoms with Gasteiger partial charge in [0.05, 0.1) is 77.5 Å². The molecule has 302 valence electrons. The summed E-state index contributed by atoms with van der Waals surface area (Å²) in [7, 11) is -13.9. The maximum absolute atomic E-state index is 14.1. The van der Waals surface area contributed by atoms with Crippen LogP contribution in [0.4, 0.5) is 0 Å². The zero-order chi connectivity index (χ0) is 39.8. The van der Waals surface area contributed by atoms with Gasteiger partial charge in [0.15, 0.2) is 0 Å². The lowest BCUT2D eigenvalue weighted by Crippen LogP contribution is -2.05. The molecule has 0 aliphatic heterocycles. The molecule has 0 aromatic heterocycles. The highest BCUT2D eigenvalue weighted by atomic mass is 31.2. The van der Waals surface area contributed by atoms with Crippen LogP contribution in [0.2, 0.25) is 0 Å². The van der Waals surface area contributed by atoms with Gasteiger partial charge in [-0.1, -0.05) is 48.5 Å². The second kappa shape index (κ2) is 22.3.